The van der Waals surface area contributed by atoms with E-state index in [4.69, 9.17) is 0 Å². The molecule has 0 amide bonds. The number of rotatable bonds is 2. The Kier molecular flexibility index (Phi) is 4.71. The van der Waals surface area contributed by atoms with E-state index in [1.54, 1.807) is 0 Å². The first kappa shape index (κ1) is 14.3. The van der Waals surface area contributed by atoms with Crippen molar-refractivity contribution in [1.82, 2.24) is 10.2 Å². The predicted octanol–water partition coefficient (Wildman–Crippen LogP) is 3.28. The second-order valence-corrected chi connectivity index (χ2v) is 7.44. The number of hydrogen-bond donors (Lipinski definition) is 1. The lowest BCUT2D eigenvalue weighted by Crippen LogP contribution is -2.54. The van der Waals surface area contributed by atoms with Gasteiger partial charge in [-0.05, 0) is 70.0 Å². The molecule has 0 spiro atoms. The third-order valence-electron chi connectivity index (χ3n) is 5.25. The van der Waals surface area contributed by atoms with Gasteiger partial charge in [0.2, 0.25) is 0 Å². The van der Waals surface area contributed by atoms with E-state index in [2.05, 4.69) is 38.0 Å². The molecule has 2 nitrogen and oxygen atoms in total. The summed E-state index contributed by atoms with van der Waals surface area (Å²) in [5.41, 5.74) is 0.538. The fourth-order valence-electron chi connectivity index (χ4n) is 3.89. The van der Waals surface area contributed by atoms with E-state index in [1.807, 2.05) is 0 Å². The van der Waals surface area contributed by atoms with Crippen molar-refractivity contribution in [3.63, 3.8) is 0 Å². The van der Waals surface area contributed by atoms with Crippen LogP contribution in [-0.4, -0.2) is 37.1 Å². The van der Waals surface area contributed by atoms with Crippen molar-refractivity contribution in [1.29, 1.82) is 0 Å². The minimum absolute atomic E-state index is 0.538. The van der Waals surface area contributed by atoms with Crippen LogP contribution in [0.25, 0.3) is 0 Å². The van der Waals surface area contributed by atoms with Crippen LogP contribution in [0.3, 0.4) is 0 Å². The van der Waals surface area contributed by atoms with Crippen LogP contribution in [0.1, 0.15) is 59.3 Å². The molecule has 1 aliphatic heterocycles. The highest BCUT2D eigenvalue weighted by atomic mass is 15.2. The van der Waals surface area contributed by atoms with E-state index in [9.17, 15) is 0 Å². The number of likely N-dealkylation sites (tertiary alicyclic amines) is 1. The summed E-state index contributed by atoms with van der Waals surface area (Å²) in [7, 11) is 2.15. The monoisotopic (exact) mass is 252 g/mol. The number of nitrogens with zero attached hydrogens (tertiary/aromatic N) is 1. The van der Waals surface area contributed by atoms with Crippen molar-refractivity contribution in [2.24, 2.45) is 11.3 Å². The molecule has 18 heavy (non-hydrogen) atoms. The van der Waals surface area contributed by atoms with Gasteiger partial charge < -0.3 is 5.32 Å². The SMILES string of the molecule is CNC1CCC(C)(C)CC1N1CCCC(C)CC1. The molecule has 2 rings (SSSR count). The van der Waals surface area contributed by atoms with Gasteiger partial charge in [0, 0.05) is 12.1 Å². The maximum absolute atomic E-state index is 3.58. The van der Waals surface area contributed by atoms with E-state index >= 15 is 0 Å². The summed E-state index contributed by atoms with van der Waals surface area (Å²) in [4.78, 5) is 2.80. The lowest BCUT2D eigenvalue weighted by molar-refractivity contribution is 0.0691. The Bertz CT molecular complexity index is 262. The molecular weight excluding hydrogens is 220 g/mol. The van der Waals surface area contributed by atoms with Crippen molar-refractivity contribution < 1.29 is 0 Å². The van der Waals surface area contributed by atoms with Gasteiger partial charge in [-0.25, -0.2) is 0 Å². The topological polar surface area (TPSA) is 15.3 Å². The minimum atomic E-state index is 0.538. The molecule has 3 unspecified atom stereocenters. The van der Waals surface area contributed by atoms with Gasteiger partial charge in [0.1, 0.15) is 0 Å². The van der Waals surface area contributed by atoms with Gasteiger partial charge >= 0.3 is 0 Å². The minimum Gasteiger partial charge on any atom is -0.315 e. The molecule has 0 radical (unpaired) electrons. The summed E-state index contributed by atoms with van der Waals surface area (Å²) >= 11 is 0. The third-order valence-corrected chi connectivity index (χ3v) is 5.25. The number of hydrogen-bond acceptors (Lipinski definition) is 2. The van der Waals surface area contributed by atoms with Gasteiger partial charge in [-0.2, -0.15) is 0 Å². The van der Waals surface area contributed by atoms with Gasteiger partial charge in [-0.3, -0.25) is 4.90 Å². The molecule has 3 atom stereocenters. The highest BCUT2D eigenvalue weighted by Crippen LogP contribution is 2.38. The molecule has 2 fully saturated rings. The first-order valence-corrected chi connectivity index (χ1v) is 7.93. The normalized spacial score (nSPS) is 38.3. The van der Waals surface area contributed by atoms with Crippen LogP contribution in [0.15, 0.2) is 0 Å². The maximum atomic E-state index is 3.58. The summed E-state index contributed by atoms with van der Waals surface area (Å²) in [6.07, 6.45) is 8.31. The Balaban J connectivity index is 2.02. The molecule has 0 aromatic heterocycles. The molecular formula is C16H32N2. The summed E-state index contributed by atoms with van der Waals surface area (Å²) in [6.45, 7) is 9.96. The van der Waals surface area contributed by atoms with Crippen LogP contribution in [0.2, 0.25) is 0 Å². The van der Waals surface area contributed by atoms with Crippen LogP contribution in [0.5, 0.6) is 0 Å². The van der Waals surface area contributed by atoms with Gasteiger partial charge in [-0.15, -0.1) is 0 Å². The van der Waals surface area contributed by atoms with Crippen LogP contribution in [0.4, 0.5) is 0 Å². The Hall–Kier alpha value is -0.0800. The van der Waals surface area contributed by atoms with Gasteiger partial charge in [0.25, 0.3) is 0 Å². The molecule has 0 aromatic carbocycles. The third kappa shape index (κ3) is 3.48. The molecule has 106 valence electrons. The van der Waals surface area contributed by atoms with Gasteiger partial charge in [0.05, 0.1) is 0 Å². The first-order chi connectivity index (χ1) is 8.52. The van der Waals surface area contributed by atoms with Gasteiger partial charge in [-0.1, -0.05) is 20.8 Å². The summed E-state index contributed by atoms with van der Waals surface area (Å²) < 4.78 is 0. The zero-order valence-electron chi connectivity index (χ0n) is 12.8. The van der Waals surface area contributed by atoms with E-state index in [1.165, 1.54) is 51.6 Å². The fourth-order valence-corrected chi connectivity index (χ4v) is 3.89. The van der Waals surface area contributed by atoms with Gasteiger partial charge in [0.15, 0.2) is 0 Å². The van der Waals surface area contributed by atoms with E-state index < -0.39 is 0 Å². The average Bonchev–Trinajstić information content (AvgIpc) is 2.53. The van der Waals surface area contributed by atoms with Crippen LogP contribution in [0, 0.1) is 11.3 Å². The zero-order chi connectivity index (χ0) is 13.2. The van der Waals surface area contributed by atoms with Crippen molar-refractivity contribution in [3.05, 3.63) is 0 Å². The number of nitrogens with one attached hydrogen (secondary N) is 1. The van der Waals surface area contributed by atoms with Crippen molar-refractivity contribution >= 4 is 0 Å². The molecule has 1 saturated heterocycles. The van der Waals surface area contributed by atoms with Crippen molar-refractivity contribution in [2.75, 3.05) is 20.1 Å². The predicted molar refractivity (Wildman–Crippen MR) is 78.9 cm³/mol. The quantitative estimate of drug-likeness (QED) is 0.811. The highest BCUT2D eigenvalue weighted by molar-refractivity contribution is 4.94. The fraction of sp³-hybridized carbons (Fsp3) is 1.00. The Labute approximate surface area is 114 Å². The Morgan fingerprint density at radius 3 is 2.61 bits per heavy atom. The summed E-state index contributed by atoms with van der Waals surface area (Å²) in [5.74, 6) is 0.930. The number of likely N-dealkylation sites (N-methyl/N-ethyl adjacent to an activating group) is 1. The standard InChI is InChI=1S/C16H32N2/c1-13-6-5-10-18(11-8-13)15-12-16(2,3)9-7-14(15)17-4/h13-15,17H,5-12H2,1-4H3. The average molecular weight is 252 g/mol. The molecule has 0 bridgehead atoms. The van der Waals surface area contributed by atoms with E-state index in [0.717, 1.165) is 12.0 Å². The summed E-state index contributed by atoms with van der Waals surface area (Å²) in [6, 6.07) is 1.48. The Morgan fingerprint density at radius 1 is 1.11 bits per heavy atom. The second kappa shape index (κ2) is 5.92. The smallest absolute Gasteiger partial charge is 0.0254 e. The van der Waals surface area contributed by atoms with Crippen LogP contribution < -0.4 is 5.32 Å². The lowest BCUT2D eigenvalue weighted by Gasteiger charge is -2.46. The zero-order valence-corrected chi connectivity index (χ0v) is 12.8. The van der Waals surface area contributed by atoms with Crippen LogP contribution >= 0.6 is 0 Å². The Morgan fingerprint density at radius 2 is 1.89 bits per heavy atom. The molecule has 2 aliphatic rings. The molecule has 1 saturated carbocycles. The molecule has 1 heterocycles. The van der Waals surface area contributed by atoms with E-state index in [-0.39, 0.29) is 0 Å². The largest absolute Gasteiger partial charge is 0.315 e. The van der Waals surface area contributed by atoms with Crippen molar-refractivity contribution in [3.8, 4) is 0 Å². The second-order valence-electron chi connectivity index (χ2n) is 7.44. The molecule has 1 aliphatic carbocycles. The van der Waals surface area contributed by atoms with Crippen molar-refractivity contribution in [2.45, 2.75) is 71.4 Å². The summed E-state index contributed by atoms with van der Waals surface area (Å²) in [5, 5.41) is 3.58. The first-order valence-electron chi connectivity index (χ1n) is 7.93. The lowest BCUT2D eigenvalue weighted by atomic mass is 9.72. The highest BCUT2D eigenvalue weighted by Gasteiger charge is 2.37. The van der Waals surface area contributed by atoms with E-state index in [0.29, 0.717) is 11.5 Å². The molecule has 0 aromatic rings. The molecule has 2 heteroatoms. The van der Waals surface area contributed by atoms with Crippen LogP contribution in [-0.2, 0) is 0 Å². The maximum Gasteiger partial charge on any atom is 0.0254 e. The molecule has 1 N–H and O–H groups in total.